The molecule has 21 heavy (non-hydrogen) atoms. The highest BCUT2D eigenvalue weighted by molar-refractivity contribution is 7.98. The molecule has 1 aromatic carbocycles. The minimum absolute atomic E-state index is 0.111. The Morgan fingerprint density at radius 1 is 1.24 bits per heavy atom. The minimum atomic E-state index is -0.111. The van der Waals surface area contributed by atoms with Gasteiger partial charge in [0, 0.05) is 30.0 Å². The van der Waals surface area contributed by atoms with Crippen molar-refractivity contribution in [3.63, 3.8) is 0 Å². The van der Waals surface area contributed by atoms with Crippen molar-refractivity contribution in [3.05, 3.63) is 66.6 Å². The van der Waals surface area contributed by atoms with Gasteiger partial charge in [0.25, 0.3) is 0 Å². The summed E-state index contributed by atoms with van der Waals surface area (Å²) in [5.41, 5.74) is 1.04. The van der Waals surface area contributed by atoms with Crippen LogP contribution >= 0.6 is 11.8 Å². The molecule has 1 N–H and O–H groups in total. The first-order chi connectivity index (χ1) is 10.3. The lowest BCUT2D eigenvalue weighted by atomic mass is 10.2. The second kappa shape index (κ2) is 6.10. The fraction of sp³-hybridized carbons (Fsp3) is 0.188. The molecule has 0 amide bonds. The number of hydrogen-bond donors (Lipinski definition) is 1. The van der Waals surface area contributed by atoms with Crippen LogP contribution < -0.4 is 5.32 Å². The Morgan fingerprint density at radius 2 is 2.05 bits per heavy atom. The lowest BCUT2D eigenvalue weighted by molar-refractivity contribution is 0.488. The predicted molar refractivity (Wildman–Crippen MR) is 85.6 cm³/mol. The summed E-state index contributed by atoms with van der Waals surface area (Å²) in [6.07, 6.45) is 7.49. The Bertz CT molecular complexity index is 689. The van der Waals surface area contributed by atoms with Gasteiger partial charge in [-0.15, -0.1) is 11.8 Å². The van der Waals surface area contributed by atoms with Crippen molar-refractivity contribution in [3.8, 4) is 0 Å². The third-order valence-corrected chi connectivity index (χ3v) is 4.09. The first kappa shape index (κ1) is 13.8. The monoisotopic (exact) mass is 299 g/mol. The van der Waals surface area contributed by atoms with E-state index in [2.05, 4.69) is 40.8 Å². The van der Waals surface area contributed by atoms with Crippen LogP contribution in [0.25, 0.3) is 0 Å². The lowest BCUT2D eigenvalue weighted by Crippen LogP contribution is -2.16. The molecule has 0 aliphatic heterocycles. The highest BCUT2D eigenvalue weighted by atomic mass is 32.2. The maximum atomic E-state index is 5.57. The van der Waals surface area contributed by atoms with E-state index in [1.54, 1.807) is 24.2 Å². The zero-order valence-corrected chi connectivity index (χ0v) is 12.8. The van der Waals surface area contributed by atoms with E-state index in [4.69, 9.17) is 4.42 Å². The van der Waals surface area contributed by atoms with Crippen LogP contribution in [0.4, 0.5) is 5.69 Å². The fourth-order valence-corrected chi connectivity index (χ4v) is 2.64. The van der Waals surface area contributed by atoms with E-state index in [9.17, 15) is 0 Å². The van der Waals surface area contributed by atoms with Gasteiger partial charge in [-0.2, -0.15) is 0 Å². The van der Waals surface area contributed by atoms with Gasteiger partial charge in [0.1, 0.15) is 17.6 Å². The van der Waals surface area contributed by atoms with Crippen LogP contribution in [0.2, 0.25) is 0 Å². The van der Waals surface area contributed by atoms with Crippen molar-refractivity contribution >= 4 is 17.4 Å². The minimum Gasteiger partial charge on any atom is -0.467 e. The summed E-state index contributed by atoms with van der Waals surface area (Å²) in [6, 6.07) is 12.1. The molecule has 1 atom stereocenters. The number of aromatic nitrogens is 2. The number of nitrogens with one attached hydrogen (secondary N) is 1. The SMILES string of the molecule is CSc1ccc(NC(c2ccco2)c2nccn2C)cc1. The second-order valence-electron chi connectivity index (χ2n) is 4.72. The average molecular weight is 299 g/mol. The predicted octanol–water partition coefficient (Wildman–Crippen LogP) is 3.94. The van der Waals surface area contributed by atoms with E-state index in [-0.39, 0.29) is 6.04 Å². The number of imidazole rings is 1. The van der Waals surface area contributed by atoms with Crippen molar-refractivity contribution in [1.82, 2.24) is 9.55 Å². The maximum absolute atomic E-state index is 5.57. The molecule has 0 bridgehead atoms. The van der Waals surface area contributed by atoms with Crippen molar-refractivity contribution in [2.45, 2.75) is 10.9 Å². The van der Waals surface area contributed by atoms with Crippen LogP contribution in [-0.4, -0.2) is 15.8 Å². The number of anilines is 1. The molecule has 5 heteroatoms. The number of hydrogen-bond acceptors (Lipinski definition) is 4. The topological polar surface area (TPSA) is 43.0 Å². The standard InChI is InChI=1S/C16H17N3OS/c1-19-10-9-17-16(19)15(14-4-3-11-20-14)18-12-5-7-13(21-2)8-6-12/h3-11,15,18H,1-2H3. The summed E-state index contributed by atoms with van der Waals surface area (Å²) >= 11 is 1.73. The third-order valence-electron chi connectivity index (χ3n) is 3.35. The number of thioether (sulfide) groups is 1. The summed E-state index contributed by atoms with van der Waals surface area (Å²) in [6.45, 7) is 0. The molecular formula is C16H17N3OS. The van der Waals surface area contributed by atoms with Crippen molar-refractivity contribution in [2.24, 2.45) is 7.05 Å². The molecule has 0 aliphatic rings. The molecule has 0 aliphatic carbocycles. The Balaban J connectivity index is 1.91. The van der Waals surface area contributed by atoms with Crippen LogP contribution in [0.5, 0.6) is 0 Å². The first-order valence-electron chi connectivity index (χ1n) is 6.69. The molecule has 0 saturated carbocycles. The molecule has 2 heterocycles. The first-order valence-corrected chi connectivity index (χ1v) is 7.91. The highest BCUT2D eigenvalue weighted by Crippen LogP contribution is 2.27. The summed E-state index contributed by atoms with van der Waals surface area (Å²) < 4.78 is 7.57. The molecule has 0 spiro atoms. The van der Waals surface area contributed by atoms with Gasteiger partial charge in [-0.05, 0) is 42.7 Å². The summed E-state index contributed by atoms with van der Waals surface area (Å²) in [5.74, 6) is 1.76. The van der Waals surface area contributed by atoms with Crippen molar-refractivity contribution < 1.29 is 4.42 Å². The van der Waals surface area contributed by atoms with Gasteiger partial charge in [-0.1, -0.05) is 0 Å². The average Bonchev–Trinajstić information content (AvgIpc) is 3.17. The van der Waals surface area contributed by atoms with Gasteiger partial charge in [-0.3, -0.25) is 0 Å². The molecule has 4 nitrogen and oxygen atoms in total. The molecular weight excluding hydrogens is 282 g/mol. The van der Waals surface area contributed by atoms with Crippen LogP contribution in [0.3, 0.4) is 0 Å². The molecule has 3 rings (SSSR count). The molecule has 1 unspecified atom stereocenters. The van der Waals surface area contributed by atoms with E-state index in [1.807, 2.05) is 29.9 Å². The van der Waals surface area contributed by atoms with E-state index in [0.29, 0.717) is 0 Å². The van der Waals surface area contributed by atoms with E-state index < -0.39 is 0 Å². The fourth-order valence-electron chi connectivity index (χ4n) is 2.23. The quantitative estimate of drug-likeness (QED) is 0.725. The second-order valence-corrected chi connectivity index (χ2v) is 5.60. The lowest BCUT2D eigenvalue weighted by Gasteiger charge is -2.18. The summed E-state index contributed by atoms with van der Waals surface area (Å²) in [7, 11) is 1.98. The van der Waals surface area contributed by atoms with E-state index >= 15 is 0 Å². The number of nitrogens with zero attached hydrogens (tertiary/aromatic N) is 2. The van der Waals surface area contributed by atoms with Crippen molar-refractivity contribution in [2.75, 3.05) is 11.6 Å². The van der Waals surface area contributed by atoms with Gasteiger partial charge < -0.3 is 14.3 Å². The van der Waals surface area contributed by atoms with Crippen LogP contribution in [0, 0.1) is 0 Å². The number of benzene rings is 1. The molecule has 0 radical (unpaired) electrons. The normalized spacial score (nSPS) is 12.3. The summed E-state index contributed by atoms with van der Waals surface area (Å²) in [5, 5.41) is 3.49. The zero-order valence-electron chi connectivity index (χ0n) is 12.0. The van der Waals surface area contributed by atoms with Gasteiger partial charge in [0.05, 0.1) is 6.26 Å². The van der Waals surface area contributed by atoms with E-state index in [0.717, 1.165) is 17.3 Å². The van der Waals surface area contributed by atoms with Gasteiger partial charge >= 0.3 is 0 Å². The van der Waals surface area contributed by atoms with E-state index in [1.165, 1.54) is 4.90 Å². The van der Waals surface area contributed by atoms with Crippen LogP contribution in [0.15, 0.2) is 64.4 Å². The molecule has 108 valence electrons. The van der Waals surface area contributed by atoms with Crippen LogP contribution in [0.1, 0.15) is 17.6 Å². The molecule has 3 aromatic rings. The Morgan fingerprint density at radius 3 is 2.62 bits per heavy atom. The highest BCUT2D eigenvalue weighted by Gasteiger charge is 2.20. The van der Waals surface area contributed by atoms with Gasteiger partial charge in [-0.25, -0.2) is 4.98 Å². The van der Waals surface area contributed by atoms with Gasteiger partial charge in [0.2, 0.25) is 0 Å². The number of furan rings is 1. The molecule has 0 saturated heterocycles. The van der Waals surface area contributed by atoms with Gasteiger partial charge in [0.15, 0.2) is 0 Å². The Labute approximate surface area is 128 Å². The Kier molecular flexibility index (Phi) is 4.01. The molecule has 2 aromatic heterocycles. The largest absolute Gasteiger partial charge is 0.467 e. The van der Waals surface area contributed by atoms with Crippen molar-refractivity contribution in [1.29, 1.82) is 0 Å². The Hall–Kier alpha value is -2.14. The smallest absolute Gasteiger partial charge is 0.143 e. The van der Waals surface area contributed by atoms with Crippen LogP contribution in [-0.2, 0) is 7.05 Å². The third kappa shape index (κ3) is 2.97. The summed E-state index contributed by atoms with van der Waals surface area (Å²) in [4.78, 5) is 5.68. The zero-order chi connectivity index (χ0) is 14.7. The number of aryl methyl sites for hydroxylation is 1. The number of rotatable bonds is 5. The maximum Gasteiger partial charge on any atom is 0.143 e. The molecule has 0 fully saturated rings.